The van der Waals surface area contributed by atoms with Crippen molar-refractivity contribution in [3.05, 3.63) is 138 Å². The lowest BCUT2D eigenvalue weighted by Crippen LogP contribution is -2.32. The molecular formula is C42H42N4O. The molecular weight excluding hydrogens is 576 g/mol. The number of benzene rings is 4. The molecule has 0 bridgehead atoms. The van der Waals surface area contributed by atoms with E-state index in [1.807, 2.05) is 18.3 Å². The average Bonchev–Trinajstić information content (AvgIpc) is 3.53. The third-order valence-electron chi connectivity index (χ3n) is 9.16. The molecule has 0 atom stereocenters. The minimum atomic E-state index is 0.0134. The van der Waals surface area contributed by atoms with Crippen molar-refractivity contribution in [2.24, 2.45) is 0 Å². The monoisotopic (exact) mass is 618 g/mol. The number of para-hydroxylation sites is 1. The lowest BCUT2D eigenvalue weighted by molar-refractivity contribution is -0.606. The van der Waals surface area contributed by atoms with Crippen LogP contribution in [0, 0.1) is 20.2 Å². The van der Waals surface area contributed by atoms with Crippen LogP contribution in [0.25, 0.3) is 39.0 Å². The standard InChI is InChI=1S/C42H42N4O/c1-28-29(2)45(27-44(28)32-14-11-13-30(23-32)41(3,4)5)33-15-12-16-34(25-33)47-35-19-20-37-36-17-9-10-18-38(36)46(39(37)26-35)40-24-31(21-22-43-40)42(6,7)8/h9-26H,1-8H3. The Bertz CT molecular complexity index is 2270. The molecule has 236 valence electrons. The highest BCUT2D eigenvalue weighted by Crippen LogP contribution is 2.36. The van der Waals surface area contributed by atoms with Crippen molar-refractivity contribution >= 4 is 21.8 Å². The summed E-state index contributed by atoms with van der Waals surface area (Å²) in [6, 6.07) is 36.1. The van der Waals surface area contributed by atoms with Crippen molar-refractivity contribution in [1.29, 1.82) is 0 Å². The summed E-state index contributed by atoms with van der Waals surface area (Å²) in [7, 11) is 0. The first-order chi connectivity index (χ1) is 22.4. The van der Waals surface area contributed by atoms with Crippen LogP contribution >= 0.6 is 0 Å². The second-order valence-corrected chi connectivity index (χ2v) is 14.5. The predicted octanol–water partition coefficient (Wildman–Crippen LogP) is 10.1. The second kappa shape index (κ2) is 11.3. The van der Waals surface area contributed by atoms with E-state index in [0.717, 1.165) is 56.5 Å². The molecule has 0 aliphatic heterocycles. The van der Waals surface area contributed by atoms with Gasteiger partial charge in [-0.15, -0.1) is 0 Å². The van der Waals surface area contributed by atoms with E-state index in [-0.39, 0.29) is 10.8 Å². The van der Waals surface area contributed by atoms with Crippen LogP contribution in [0.15, 0.2) is 109 Å². The van der Waals surface area contributed by atoms with Crippen molar-refractivity contribution in [2.75, 3.05) is 0 Å². The lowest BCUT2D eigenvalue weighted by Gasteiger charge is -2.20. The van der Waals surface area contributed by atoms with E-state index in [1.54, 1.807) is 0 Å². The van der Waals surface area contributed by atoms with Gasteiger partial charge in [0.15, 0.2) is 0 Å². The van der Waals surface area contributed by atoms with Crippen LogP contribution in [0.1, 0.15) is 64.1 Å². The molecule has 0 saturated carbocycles. The number of hydrogen-bond donors (Lipinski definition) is 0. The summed E-state index contributed by atoms with van der Waals surface area (Å²) in [6.45, 7) is 17.7. The summed E-state index contributed by atoms with van der Waals surface area (Å²) in [4.78, 5) is 4.82. The van der Waals surface area contributed by atoms with E-state index in [2.05, 4.69) is 166 Å². The number of pyridine rings is 1. The predicted molar refractivity (Wildman–Crippen MR) is 192 cm³/mol. The molecule has 0 N–H and O–H groups in total. The maximum absolute atomic E-state index is 6.56. The van der Waals surface area contributed by atoms with Crippen molar-refractivity contribution < 1.29 is 9.30 Å². The topological polar surface area (TPSA) is 35.9 Å². The summed E-state index contributed by atoms with van der Waals surface area (Å²) in [5.74, 6) is 2.43. The Balaban J connectivity index is 1.27. The fourth-order valence-electron chi connectivity index (χ4n) is 6.28. The lowest BCUT2D eigenvalue weighted by atomic mass is 9.87. The normalized spacial score (nSPS) is 12.3. The smallest absolute Gasteiger partial charge is 0.269 e. The van der Waals surface area contributed by atoms with Crippen LogP contribution in [0.4, 0.5) is 0 Å². The molecule has 3 aromatic heterocycles. The summed E-state index contributed by atoms with van der Waals surface area (Å²) in [5, 5.41) is 2.35. The average molecular weight is 619 g/mol. The van der Waals surface area contributed by atoms with Gasteiger partial charge in [0.1, 0.15) is 17.3 Å². The zero-order chi connectivity index (χ0) is 33.1. The van der Waals surface area contributed by atoms with Crippen LogP contribution in [-0.2, 0) is 10.8 Å². The molecule has 7 aromatic rings. The number of rotatable bonds is 5. The highest BCUT2D eigenvalue weighted by atomic mass is 16.5. The fraction of sp³-hybridized carbons (Fsp3) is 0.238. The third-order valence-corrected chi connectivity index (χ3v) is 9.16. The summed E-state index contributed by atoms with van der Waals surface area (Å²) >= 11 is 0. The maximum atomic E-state index is 6.56. The molecule has 0 aliphatic rings. The Hall–Kier alpha value is -5.16. The van der Waals surface area contributed by atoms with Gasteiger partial charge < -0.3 is 4.74 Å². The van der Waals surface area contributed by atoms with Gasteiger partial charge in [-0.1, -0.05) is 77.9 Å². The van der Waals surface area contributed by atoms with E-state index >= 15 is 0 Å². The SMILES string of the molecule is Cc1c(C)[n+](-c2cccc(C(C)(C)C)c2)[c-]n1-c1cccc(Oc2ccc3c4ccccc4n(-c4cc(C(C)(C)C)ccn4)c3c2)c1. The Morgan fingerprint density at radius 1 is 0.660 bits per heavy atom. The van der Waals surface area contributed by atoms with Crippen LogP contribution in [0.3, 0.4) is 0 Å². The highest BCUT2D eigenvalue weighted by Gasteiger charge is 2.19. The Kier molecular flexibility index (Phi) is 7.31. The van der Waals surface area contributed by atoms with Crippen molar-refractivity contribution in [1.82, 2.24) is 14.1 Å². The second-order valence-electron chi connectivity index (χ2n) is 14.5. The Morgan fingerprint density at radius 3 is 2.15 bits per heavy atom. The molecule has 4 aromatic carbocycles. The highest BCUT2D eigenvalue weighted by molar-refractivity contribution is 6.09. The van der Waals surface area contributed by atoms with E-state index < -0.39 is 0 Å². The molecule has 0 saturated heterocycles. The number of imidazole rings is 1. The molecule has 0 radical (unpaired) electrons. The van der Waals surface area contributed by atoms with Gasteiger partial charge >= 0.3 is 0 Å². The number of ether oxygens (including phenoxy) is 1. The fourth-order valence-corrected chi connectivity index (χ4v) is 6.28. The van der Waals surface area contributed by atoms with Gasteiger partial charge in [0.2, 0.25) is 0 Å². The summed E-state index contributed by atoms with van der Waals surface area (Å²) in [6.07, 6.45) is 5.51. The number of nitrogens with zero attached hydrogens (tertiary/aromatic N) is 4. The molecule has 5 nitrogen and oxygen atoms in total. The molecule has 5 heteroatoms. The molecule has 3 heterocycles. The first-order valence-corrected chi connectivity index (χ1v) is 16.3. The van der Waals surface area contributed by atoms with E-state index in [1.165, 1.54) is 16.5 Å². The Labute approximate surface area is 277 Å². The molecule has 0 unspecified atom stereocenters. The first kappa shape index (κ1) is 30.5. The van der Waals surface area contributed by atoms with Crippen LogP contribution < -0.4 is 9.30 Å². The van der Waals surface area contributed by atoms with Crippen molar-refractivity contribution in [3.8, 4) is 28.7 Å². The van der Waals surface area contributed by atoms with Gasteiger partial charge in [-0.25, -0.2) is 4.98 Å². The van der Waals surface area contributed by atoms with E-state index in [0.29, 0.717) is 0 Å². The number of aromatic nitrogens is 4. The van der Waals surface area contributed by atoms with Crippen molar-refractivity contribution in [3.63, 3.8) is 0 Å². The molecule has 0 fully saturated rings. The first-order valence-electron chi connectivity index (χ1n) is 16.3. The molecule has 7 rings (SSSR count). The summed E-state index contributed by atoms with van der Waals surface area (Å²) in [5.41, 5.74) is 9.17. The Morgan fingerprint density at radius 2 is 1.36 bits per heavy atom. The van der Waals surface area contributed by atoms with Crippen LogP contribution in [0.5, 0.6) is 11.5 Å². The van der Waals surface area contributed by atoms with Gasteiger partial charge in [-0.3, -0.25) is 13.7 Å². The third kappa shape index (κ3) is 5.61. The zero-order valence-electron chi connectivity index (χ0n) is 28.6. The number of fused-ring (bicyclic) bond motifs is 3. The van der Waals surface area contributed by atoms with Crippen molar-refractivity contribution in [2.45, 2.75) is 66.2 Å². The maximum Gasteiger partial charge on any atom is 0.269 e. The molecule has 0 amide bonds. The van der Waals surface area contributed by atoms with E-state index in [9.17, 15) is 0 Å². The minimum absolute atomic E-state index is 0.0134. The van der Waals surface area contributed by atoms with Crippen LogP contribution in [0.2, 0.25) is 0 Å². The van der Waals surface area contributed by atoms with Gasteiger partial charge in [0.05, 0.1) is 33.8 Å². The van der Waals surface area contributed by atoms with Crippen LogP contribution in [-0.4, -0.2) is 14.1 Å². The molecule has 0 spiro atoms. The molecule has 47 heavy (non-hydrogen) atoms. The van der Waals surface area contributed by atoms with Gasteiger partial charge in [-0.05, 0) is 96.5 Å². The zero-order valence-corrected chi connectivity index (χ0v) is 28.6. The molecule has 0 aliphatic carbocycles. The summed E-state index contributed by atoms with van der Waals surface area (Å²) < 4.78 is 13.1. The van der Waals surface area contributed by atoms with Gasteiger partial charge in [0.25, 0.3) is 6.33 Å². The quantitative estimate of drug-likeness (QED) is 0.142. The largest absolute Gasteiger partial charge is 0.458 e. The number of hydrogen-bond acceptors (Lipinski definition) is 2. The van der Waals surface area contributed by atoms with E-state index in [4.69, 9.17) is 9.72 Å². The van der Waals surface area contributed by atoms with Gasteiger partial charge in [-0.2, -0.15) is 0 Å². The minimum Gasteiger partial charge on any atom is -0.458 e. The van der Waals surface area contributed by atoms with Gasteiger partial charge in [0, 0.05) is 23.0 Å².